The summed E-state index contributed by atoms with van der Waals surface area (Å²) in [5, 5.41) is 0. The number of nitrogens with zero attached hydrogens (tertiary/aromatic N) is 1. The van der Waals surface area contributed by atoms with Gasteiger partial charge in [-0.15, -0.1) is 0 Å². The summed E-state index contributed by atoms with van der Waals surface area (Å²) >= 11 is 0. The van der Waals surface area contributed by atoms with E-state index in [1.165, 1.54) is 0 Å². The van der Waals surface area contributed by atoms with Gasteiger partial charge in [-0.2, -0.15) is 0 Å². The fraction of sp³-hybridized carbons (Fsp3) is 0.364. The minimum atomic E-state index is -0.0196. The number of hydrogen-bond acceptors (Lipinski definition) is 4. The van der Waals surface area contributed by atoms with E-state index in [0.717, 1.165) is 22.4 Å². The molecule has 0 aliphatic carbocycles. The molecule has 2 aromatic rings. The molecule has 1 amide bonds. The van der Waals surface area contributed by atoms with Crippen molar-refractivity contribution in [3.63, 3.8) is 0 Å². The smallest absolute Gasteiger partial charge is 0.231 e. The van der Waals surface area contributed by atoms with Gasteiger partial charge in [-0.3, -0.25) is 9.59 Å². The van der Waals surface area contributed by atoms with Crippen LogP contribution < -0.4 is 9.47 Å². The molecule has 1 aliphatic rings. The number of carbonyl (C=O) groups is 2. The minimum absolute atomic E-state index is 0.0173. The van der Waals surface area contributed by atoms with Crippen molar-refractivity contribution in [1.29, 1.82) is 0 Å². The number of hydrogen-bond donors (Lipinski definition) is 0. The molecule has 0 radical (unpaired) electrons. The van der Waals surface area contributed by atoms with Crippen LogP contribution >= 0.6 is 0 Å². The highest BCUT2D eigenvalue weighted by molar-refractivity contribution is 5.99. The van der Waals surface area contributed by atoms with Crippen molar-refractivity contribution in [2.45, 2.75) is 40.2 Å². The van der Waals surface area contributed by atoms with E-state index < -0.39 is 0 Å². The number of Topliss-reactive ketones (excluding diaryl/α,β-unsaturated/α-hetero) is 1. The molecule has 5 nitrogen and oxygen atoms in total. The first-order valence-electron chi connectivity index (χ1n) is 9.24. The normalized spacial score (nSPS) is 12.1. The molecule has 142 valence electrons. The standard InChI is InChI=1S/C22H25NO4/c1-4-23(13-17-7-9-20-21(12-17)27-14-26-20)22(25)10-8-19(24)18-11-15(2)5-6-16(18)3/h5-7,9,11-12H,4,8,10,13-14H2,1-3H3. The number of amides is 1. The fourth-order valence-electron chi connectivity index (χ4n) is 3.19. The molecular weight excluding hydrogens is 342 g/mol. The van der Waals surface area contributed by atoms with Gasteiger partial charge in [0.2, 0.25) is 12.7 Å². The molecule has 0 spiro atoms. The summed E-state index contributed by atoms with van der Waals surface area (Å²) in [5.74, 6) is 1.44. The van der Waals surface area contributed by atoms with Crippen molar-refractivity contribution < 1.29 is 19.1 Å². The SMILES string of the molecule is CCN(Cc1ccc2c(c1)OCO2)C(=O)CCC(=O)c1cc(C)ccc1C. The second-order valence-electron chi connectivity index (χ2n) is 6.84. The molecule has 0 fully saturated rings. The van der Waals surface area contributed by atoms with Gasteiger partial charge in [-0.05, 0) is 50.1 Å². The molecule has 5 heteroatoms. The third kappa shape index (κ3) is 4.48. The molecular formula is C22H25NO4. The summed E-state index contributed by atoms with van der Waals surface area (Å²) in [6.45, 7) is 7.14. The van der Waals surface area contributed by atoms with Crippen molar-refractivity contribution in [3.8, 4) is 11.5 Å². The topological polar surface area (TPSA) is 55.8 Å². The summed E-state index contributed by atoms with van der Waals surface area (Å²) in [6, 6.07) is 11.5. The van der Waals surface area contributed by atoms with Gasteiger partial charge in [-0.25, -0.2) is 0 Å². The van der Waals surface area contributed by atoms with E-state index in [-0.39, 0.29) is 31.3 Å². The first-order chi connectivity index (χ1) is 13.0. The van der Waals surface area contributed by atoms with Crippen molar-refractivity contribution in [2.24, 2.45) is 0 Å². The first-order valence-corrected chi connectivity index (χ1v) is 9.24. The van der Waals surface area contributed by atoms with Gasteiger partial charge >= 0.3 is 0 Å². The van der Waals surface area contributed by atoms with E-state index in [1.807, 2.05) is 57.2 Å². The Kier molecular flexibility index (Phi) is 5.79. The Morgan fingerprint density at radius 1 is 1.00 bits per heavy atom. The van der Waals surface area contributed by atoms with Gasteiger partial charge in [0.15, 0.2) is 17.3 Å². The fourth-order valence-corrected chi connectivity index (χ4v) is 3.19. The Morgan fingerprint density at radius 2 is 1.78 bits per heavy atom. The zero-order valence-corrected chi connectivity index (χ0v) is 16.1. The molecule has 1 aliphatic heterocycles. The van der Waals surface area contributed by atoms with Crippen LogP contribution in [0.3, 0.4) is 0 Å². The van der Waals surface area contributed by atoms with Crippen molar-refractivity contribution in [2.75, 3.05) is 13.3 Å². The van der Waals surface area contributed by atoms with E-state index in [0.29, 0.717) is 24.4 Å². The van der Waals surface area contributed by atoms with Crippen molar-refractivity contribution >= 4 is 11.7 Å². The molecule has 0 unspecified atom stereocenters. The highest BCUT2D eigenvalue weighted by atomic mass is 16.7. The van der Waals surface area contributed by atoms with Crippen LogP contribution in [0.1, 0.15) is 46.8 Å². The van der Waals surface area contributed by atoms with Crippen molar-refractivity contribution in [3.05, 3.63) is 58.7 Å². The lowest BCUT2D eigenvalue weighted by Gasteiger charge is -2.21. The average molecular weight is 367 g/mol. The molecule has 0 saturated heterocycles. The molecule has 27 heavy (non-hydrogen) atoms. The second-order valence-corrected chi connectivity index (χ2v) is 6.84. The number of carbonyl (C=O) groups excluding carboxylic acids is 2. The molecule has 3 rings (SSSR count). The van der Waals surface area contributed by atoms with E-state index in [4.69, 9.17) is 9.47 Å². The van der Waals surface area contributed by atoms with Crippen molar-refractivity contribution in [1.82, 2.24) is 4.90 Å². The molecule has 1 heterocycles. The molecule has 0 saturated carbocycles. The van der Waals surface area contributed by atoms with Crippen LogP contribution in [0.4, 0.5) is 0 Å². The average Bonchev–Trinajstić information content (AvgIpc) is 3.13. The molecule has 0 aromatic heterocycles. The lowest BCUT2D eigenvalue weighted by molar-refractivity contribution is -0.131. The monoisotopic (exact) mass is 367 g/mol. The molecule has 0 bridgehead atoms. The lowest BCUT2D eigenvalue weighted by Crippen LogP contribution is -2.30. The van der Waals surface area contributed by atoms with E-state index in [9.17, 15) is 9.59 Å². The third-order valence-electron chi connectivity index (χ3n) is 4.80. The number of fused-ring (bicyclic) bond motifs is 1. The van der Waals surface area contributed by atoms with Crippen LogP contribution in [-0.2, 0) is 11.3 Å². The van der Waals surface area contributed by atoms with E-state index >= 15 is 0 Å². The predicted molar refractivity (Wildman–Crippen MR) is 103 cm³/mol. The maximum Gasteiger partial charge on any atom is 0.231 e. The minimum Gasteiger partial charge on any atom is -0.454 e. The highest BCUT2D eigenvalue weighted by Crippen LogP contribution is 2.32. The van der Waals surface area contributed by atoms with Gasteiger partial charge in [0.05, 0.1) is 0 Å². The van der Waals surface area contributed by atoms with Gasteiger partial charge in [0.1, 0.15) is 0 Å². The quantitative estimate of drug-likeness (QED) is 0.693. The number of rotatable bonds is 7. The Hall–Kier alpha value is -2.82. The van der Waals surface area contributed by atoms with E-state index in [1.54, 1.807) is 4.90 Å². The van der Waals surface area contributed by atoms with Gasteiger partial charge < -0.3 is 14.4 Å². The molecule has 0 N–H and O–H groups in total. The summed E-state index contributed by atoms with van der Waals surface area (Å²) in [7, 11) is 0. The zero-order valence-electron chi connectivity index (χ0n) is 16.1. The van der Waals surface area contributed by atoms with Gasteiger partial charge in [-0.1, -0.05) is 23.8 Å². The maximum atomic E-state index is 12.6. The zero-order chi connectivity index (χ0) is 19.4. The van der Waals surface area contributed by atoms with Crippen LogP contribution in [-0.4, -0.2) is 29.9 Å². The summed E-state index contributed by atoms with van der Waals surface area (Å²) in [4.78, 5) is 26.9. The number of ketones is 1. The van der Waals surface area contributed by atoms with Crippen LogP contribution in [0, 0.1) is 13.8 Å². The second kappa shape index (κ2) is 8.25. The third-order valence-corrected chi connectivity index (χ3v) is 4.80. The van der Waals surface area contributed by atoms with Gasteiger partial charge in [0.25, 0.3) is 0 Å². The number of aryl methyl sites for hydroxylation is 2. The summed E-state index contributed by atoms with van der Waals surface area (Å²) in [6.07, 6.45) is 0.436. The van der Waals surface area contributed by atoms with Crippen LogP contribution in [0.25, 0.3) is 0 Å². The Labute approximate surface area is 159 Å². The number of benzene rings is 2. The van der Waals surface area contributed by atoms with E-state index in [2.05, 4.69) is 0 Å². The Balaban J connectivity index is 1.60. The Bertz CT molecular complexity index is 859. The number of ether oxygens (including phenoxy) is 2. The predicted octanol–water partition coefficient (Wildman–Crippen LogP) is 4.04. The Morgan fingerprint density at radius 3 is 2.56 bits per heavy atom. The largest absolute Gasteiger partial charge is 0.454 e. The van der Waals surface area contributed by atoms with Crippen LogP contribution in [0.2, 0.25) is 0 Å². The van der Waals surface area contributed by atoms with Gasteiger partial charge in [0, 0.05) is 31.5 Å². The molecule has 0 atom stereocenters. The summed E-state index contributed by atoms with van der Waals surface area (Å²) < 4.78 is 10.7. The first kappa shape index (κ1) is 19.0. The summed E-state index contributed by atoms with van der Waals surface area (Å²) in [5.41, 5.74) is 3.69. The highest BCUT2D eigenvalue weighted by Gasteiger charge is 2.18. The van der Waals surface area contributed by atoms with Crippen LogP contribution in [0.15, 0.2) is 36.4 Å². The maximum absolute atomic E-state index is 12.6. The van der Waals surface area contributed by atoms with Crippen LogP contribution in [0.5, 0.6) is 11.5 Å². The lowest BCUT2D eigenvalue weighted by atomic mass is 9.99. The molecule has 2 aromatic carbocycles.